The first-order valence-corrected chi connectivity index (χ1v) is 13.9. The summed E-state index contributed by atoms with van der Waals surface area (Å²) in [7, 11) is 2.10. The number of aromatic nitrogens is 3. The van der Waals surface area contributed by atoms with Crippen LogP contribution >= 0.6 is 0 Å². The number of rotatable bonds is 5. The third-order valence-corrected chi connectivity index (χ3v) is 8.18. The van der Waals surface area contributed by atoms with Crippen LogP contribution in [0.25, 0.3) is 27.7 Å². The summed E-state index contributed by atoms with van der Waals surface area (Å²) >= 11 is 0. The Kier molecular flexibility index (Phi) is 6.49. The topological polar surface area (TPSA) is 63.5 Å². The van der Waals surface area contributed by atoms with E-state index in [0.717, 1.165) is 87.6 Å². The summed E-state index contributed by atoms with van der Waals surface area (Å²) in [6.07, 6.45) is 3.61. The highest BCUT2D eigenvalue weighted by Crippen LogP contribution is 2.40. The first kappa shape index (κ1) is 25.9. The Hall–Kier alpha value is -4.33. The Bertz CT molecular complexity index is 1730. The lowest BCUT2D eigenvalue weighted by Crippen LogP contribution is -2.46. The van der Waals surface area contributed by atoms with Crippen LogP contribution in [0.15, 0.2) is 72.3 Å². The van der Waals surface area contributed by atoms with Gasteiger partial charge in [0.1, 0.15) is 26.0 Å². The van der Waals surface area contributed by atoms with Gasteiger partial charge in [-0.05, 0) is 47.7 Å². The van der Waals surface area contributed by atoms with E-state index in [1.54, 1.807) is 10.6 Å². The van der Waals surface area contributed by atoms with Crippen LogP contribution in [0.4, 0.5) is 5.82 Å². The summed E-state index contributed by atoms with van der Waals surface area (Å²) < 4.78 is 8.12. The van der Waals surface area contributed by atoms with E-state index in [9.17, 15) is 4.79 Å². The number of benzene rings is 2. The largest absolute Gasteiger partial charge is 0.488 e. The molecular weight excluding hydrogens is 497 g/mol. The van der Waals surface area contributed by atoms with Crippen molar-refractivity contribution in [2.45, 2.75) is 33.3 Å². The number of fused-ring (bicyclic) bond motifs is 4. The molecular formula is C32H34BN5O2. The van der Waals surface area contributed by atoms with Gasteiger partial charge >= 0.3 is 5.69 Å². The van der Waals surface area contributed by atoms with E-state index in [4.69, 9.17) is 14.7 Å². The van der Waals surface area contributed by atoms with Gasteiger partial charge < -0.3 is 14.5 Å². The number of hydrogen-bond acceptors (Lipinski definition) is 6. The zero-order valence-electron chi connectivity index (χ0n) is 23.7. The van der Waals surface area contributed by atoms with E-state index in [-0.39, 0.29) is 11.6 Å². The highest BCUT2D eigenvalue weighted by molar-refractivity contribution is 6.43. The van der Waals surface area contributed by atoms with Crippen LogP contribution in [0, 0.1) is 6.92 Å². The average molecular weight is 531 g/mol. The molecule has 0 saturated carbocycles. The molecule has 202 valence electrons. The number of aryl methyl sites for hydroxylation is 1. The van der Waals surface area contributed by atoms with Crippen molar-refractivity contribution < 1.29 is 4.74 Å². The first-order chi connectivity index (χ1) is 19.3. The van der Waals surface area contributed by atoms with Crippen LogP contribution in [0.5, 0.6) is 5.75 Å². The highest BCUT2D eigenvalue weighted by atomic mass is 16.5. The molecule has 0 bridgehead atoms. The third kappa shape index (κ3) is 4.10. The van der Waals surface area contributed by atoms with E-state index in [1.807, 2.05) is 25.3 Å². The average Bonchev–Trinajstić information content (AvgIpc) is 2.96. The van der Waals surface area contributed by atoms with Gasteiger partial charge in [0.15, 0.2) is 0 Å². The van der Waals surface area contributed by atoms with Crippen molar-refractivity contribution >= 4 is 30.0 Å². The van der Waals surface area contributed by atoms with Gasteiger partial charge in [0.05, 0.1) is 16.9 Å². The molecule has 1 fully saturated rings. The molecule has 0 spiro atoms. The Labute approximate surface area is 235 Å². The molecule has 0 unspecified atom stereocenters. The highest BCUT2D eigenvalue weighted by Gasteiger charge is 2.28. The van der Waals surface area contributed by atoms with Crippen molar-refractivity contribution in [2.24, 2.45) is 0 Å². The van der Waals surface area contributed by atoms with Gasteiger partial charge in [0, 0.05) is 49.0 Å². The van der Waals surface area contributed by atoms with Gasteiger partial charge in [-0.2, -0.15) is 4.98 Å². The Morgan fingerprint density at radius 2 is 1.90 bits per heavy atom. The third-order valence-electron chi connectivity index (χ3n) is 8.18. The Morgan fingerprint density at radius 3 is 2.62 bits per heavy atom. The number of piperazine rings is 1. The van der Waals surface area contributed by atoms with E-state index in [2.05, 4.69) is 68.9 Å². The second kappa shape index (κ2) is 10.0. The maximum Gasteiger partial charge on any atom is 0.354 e. The fourth-order valence-corrected chi connectivity index (χ4v) is 6.09. The van der Waals surface area contributed by atoms with Crippen LogP contribution in [-0.2, 0) is 6.61 Å². The lowest BCUT2D eigenvalue weighted by atomic mass is 9.81. The van der Waals surface area contributed by atoms with Crippen molar-refractivity contribution in [3.05, 3.63) is 94.8 Å². The van der Waals surface area contributed by atoms with Gasteiger partial charge in [0.2, 0.25) is 0 Å². The summed E-state index contributed by atoms with van der Waals surface area (Å²) in [5.41, 5.74) is 8.45. The van der Waals surface area contributed by atoms with Crippen LogP contribution in [0.3, 0.4) is 0 Å². The molecule has 0 aliphatic carbocycles. The van der Waals surface area contributed by atoms with E-state index < -0.39 is 0 Å². The number of allylic oxidation sites excluding steroid dienone is 1. The maximum atomic E-state index is 14.1. The SMILES string of the molecule is Bc1c2c(cc3c(N4CCN(C(=C)C=C)CC4)nc(=O)n(-c4c(C)ccnc4C(C)C)c13)OCc1ccccc1-2. The van der Waals surface area contributed by atoms with Crippen LogP contribution in [0.2, 0.25) is 0 Å². The van der Waals surface area contributed by atoms with Crippen LogP contribution < -0.4 is 20.8 Å². The maximum absolute atomic E-state index is 14.1. The molecule has 4 heterocycles. The molecule has 0 N–H and O–H groups in total. The van der Waals surface area contributed by atoms with Crippen molar-refractivity contribution in [3.63, 3.8) is 0 Å². The van der Waals surface area contributed by atoms with E-state index in [0.29, 0.717) is 12.4 Å². The Balaban J connectivity index is 1.65. The summed E-state index contributed by atoms with van der Waals surface area (Å²) in [6.45, 7) is 17.7. The number of hydrogen-bond donors (Lipinski definition) is 0. The van der Waals surface area contributed by atoms with Gasteiger partial charge in [-0.1, -0.05) is 56.7 Å². The second-order valence-corrected chi connectivity index (χ2v) is 11.0. The standard InChI is InChI=1S/C32H34BN5O2/c1-6-21(5)36-13-15-37(16-14-36)31-24-17-25-26(23-10-8-7-9-22(23)18-40-25)27(33)30(24)38(32(39)35-31)29-20(4)11-12-34-28(29)19(2)3/h6-12,17,19H,1,5,13-16,18,33H2,2-4H3. The lowest BCUT2D eigenvalue weighted by Gasteiger charge is -2.37. The molecule has 2 aromatic heterocycles. The quantitative estimate of drug-likeness (QED) is 0.288. The smallest absolute Gasteiger partial charge is 0.354 e. The minimum absolute atomic E-state index is 0.129. The summed E-state index contributed by atoms with van der Waals surface area (Å²) in [6, 6.07) is 12.4. The number of pyridine rings is 1. The van der Waals surface area contributed by atoms with E-state index >= 15 is 0 Å². The zero-order valence-corrected chi connectivity index (χ0v) is 23.7. The monoisotopic (exact) mass is 531 g/mol. The molecule has 0 amide bonds. The molecule has 0 radical (unpaired) electrons. The van der Waals surface area contributed by atoms with Crippen LogP contribution in [-0.4, -0.2) is 53.5 Å². The fourth-order valence-electron chi connectivity index (χ4n) is 6.09. The molecule has 40 heavy (non-hydrogen) atoms. The van der Waals surface area contributed by atoms with E-state index in [1.165, 1.54) is 0 Å². The minimum atomic E-state index is -0.300. The van der Waals surface area contributed by atoms with Crippen molar-refractivity contribution in [1.29, 1.82) is 0 Å². The molecule has 7 nitrogen and oxygen atoms in total. The molecule has 2 aromatic carbocycles. The molecule has 8 heteroatoms. The predicted octanol–water partition coefficient (Wildman–Crippen LogP) is 3.85. The number of ether oxygens (including phenoxy) is 1. The van der Waals surface area contributed by atoms with Crippen molar-refractivity contribution in [1.82, 2.24) is 19.4 Å². The van der Waals surface area contributed by atoms with Crippen molar-refractivity contribution in [2.75, 3.05) is 31.1 Å². The predicted molar refractivity (Wildman–Crippen MR) is 165 cm³/mol. The molecule has 4 aromatic rings. The molecule has 6 rings (SSSR count). The summed E-state index contributed by atoms with van der Waals surface area (Å²) in [5, 5.41) is 0.907. The number of nitrogens with zero attached hydrogens (tertiary/aromatic N) is 5. The molecule has 1 saturated heterocycles. The van der Waals surface area contributed by atoms with Gasteiger partial charge in [-0.15, -0.1) is 0 Å². The normalized spacial score (nSPS) is 14.6. The molecule has 2 aliphatic heterocycles. The fraction of sp³-hybridized carbons (Fsp3) is 0.281. The first-order valence-electron chi connectivity index (χ1n) is 13.9. The second-order valence-electron chi connectivity index (χ2n) is 11.0. The molecule has 2 aliphatic rings. The Morgan fingerprint density at radius 1 is 1.15 bits per heavy atom. The van der Waals surface area contributed by atoms with Crippen molar-refractivity contribution in [3.8, 4) is 22.6 Å². The van der Waals surface area contributed by atoms with Gasteiger partial charge in [0.25, 0.3) is 0 Å². The van der Waals surface area contributed by atoms with Gasteiger partial charge in [-0.25, -0.2) is 4.79 Å². The molecule has 0 atom stereocenters. The minimum Gasteiger partial charge on any atom is -0.488 e. The lowest BCUT2D eigenvalue weighted by molar-refractivity contribution is 0.303. The summed E-state index contributed by atoms with van der Waals surface area (Å²) in [5.74, 6) is 1.65. The van der Waals surface area contributed by atoms with Crippen LogP contribution in [0.1, 0.15) is 36.6 Å². The number of anilines is 1. The van der Waals surface area contributed by atoms with Gasteiger partial charge in [-0.3, -0.25) is 9.55 Å². The zero-order chi connectivity index (χ0) is 28.1. The summed E-state index contributed by atoms with van der Waals surface area (Å²) in [4.78, 5) is 28.0.